The summed E-state index contributed by atoms with van der Waals surface area (Å²) in [6.45, 7) is 1.09. The fraction of sp³-hybridized carbons (Fsp3) is 0.125. The number of rotatable bonds is 3. The minimum absolute atomic E-state index is 0.0678. The number of benzene rings is 1. The van der Waals surface area contributed by atoms with E-state index < -0.39 is 12.1 Å². The fourth-order valence-electron chi connectivity index (χ4n) is 0.783. The summed E-state index contributed by atoms with van der Waals surface area (Å²) in [5, 5.41) is 0. The maximum absolute atomic E-state index is 11.7. The van der Waals surface area contributed by atoms with Crippen molar-refractivity contribution in [3.05, 3.63) is 24.3 Å². The van der Waals surface area contributed by atoms with Gasteiger partial charge in [-0.25, -0.2) is 4.79 Å². The zero-order chi connectivity index (χ0) is 10.6. The second-order valence-electron chi connectivity index (χ2n) is 2.21. The molecule has 0 heterocycles. The van der Waals surface area contributed by atoms with E-state index in [4.69, 9.17) is 0 Å². The second-order valence-corrected chi connectivity index (χ2v) is 2.21. The van der Waals surface area contributed by atoms with Gasteiger partial charge >= 0.3 is 12.8 Å². The minimum Gasteiger partial charge on any atom is -0.418 e. The van der Waals surface area contributed by atoms with E-state index >= 15 is 0 Å². The first-order valence-electron chi connectivity index (χ1n) is 3.41. The summed E-state index contributed by atoms with van der Waals surface area (Å²) < 4.78 is 42.9. The van der Waals surface area contributed by atoms with Gasteiger partial charge in [0.2, 0.25) is 0 Å². The molecule has 0 saturated heterocycles. The fourth-order valence-corrected chi connectivity index (χ4v) is 0.783. The standard InChI is InChI=1S/C8H4F3O3/c9-8(10,11)14-7-3-1-2-6(4-7)13-5-12/h1-4H. The maximum atomic E-state index is 11.7. The first-order chi connectivity index (χ1) is 6.51. The molecule has 1 rings (SSSR count). The van der Waals surface area contributed by atoms with Gasteiger partial charge in [-0.05, 0) is 12.1 Å². The number of halogens is 3. The van der Waals surface area contributed by atoms with Gasteiger partial charge in [0.25, 0.3) is 0 Å². The van der Waals surface area contributed by atoms with Crippen molar-refractivity contribution in [2.24, 2.45) is 0 Å². The van der Waals surface area contributed by atoms with Crippen molar-refractivity contribution in [3.63, 3.8) is 0 Å². The van der Waals surface area contributed by atoms with Crippen LogP contribution in [-0.2, 0) is 4.79 Å². The van der Waals surface area contributed by atoms with Crippen LogP contribution in [0.4, 0.5) is 13.2 Å². The van der Waals surface area contributed by atoms with Crippen molar-refractivity contribution in [2.75, 3.05) is 0 Å². The highest BCUT2D eigenvalue weighted by Crippen LogP contribution is 2.25. The predicted octanol–water partition coefficient (Wildman–Crippen LogP) is 2.03. The van der Waals surface area contributed by atoms with Crippen LogP contribution in [0.2, 0.25) is 0 Å². The van der Waals surface area contributed by atoms with Crippen molar-refractivity contribution in [2.45, 2.75) is 6.36 Å². The number of carbonyl (C=O) groups excluding carboxylic acids is 1. The Morgan fingerprint density at radius 1 is 1.21 bits per heavy atom. The van der Waals surface area contributed by atoms with Crippen LogP contribution in [0.15, 0.2) is 24.3 Å². The van der Waals surface area contributed by atoms with E-state index in [9.17, 15) is 18.0 Å². The summed E-state index contributed by atoms with van der Waals surface area (Å²) in [4.78, 5) is 9.76. The maximum Gasteiger partial charge on any atom is 0.573 e. The van der Waals surface area contributed by atoms with Gasteiger partial charge in [-0.2, -0.15) is 0 Å². The predicted molar refractivity (Wildman–Crippen MR) is 39.4 cm³/mol. The summed E-state index contributed by atoms with van der Waals surface area (Å²) in [6, 6.07) is 4.57. The van der Waals surface area contributed by atoms with Gasteiger partial charge in [0, 0.05) is 6.07 Å². The molecule has 0 fully saturated rings. The summed E-state index contributed by atoms with van der Waals surface area (Å²) >= 11 is 0. The van der Waals surface area contributed by atoms with Crippen LogP contribution in [0.1, 0.15) is 0 Å². The Hall–Kier alpha value is -1.72. The van der Waals surface area contributed by atoms with Gasteiger partial charge in [-0.3, -0.25) is 0 Å². The van der Waals surface area contributed by atoms with Gasteiger partial charge in [0.05, 0.1) is 0 Å². The first-order valence-corrected chi connectivity index (χ1v) is 3.41. The Kier molecular flexibility index (Phi) is 2.95. The molecule has 1 aromatic carbocycles. The monoisotopic (exact) mass is 205 g/mol. The van der Waals surface area contributed by atoms with Crippen molar-refractivity contribution in [3.8, 4) is 11.5 Å². The molecule has 1 radical (unpaired) electrons. The van der Waals surface area contributed by atoms with E-state index in [2.05, 4.69) is 9.47 Å². The van der Waals surface area contributed by atoms with Gasteiger partial charge in [-0.1, -0.05) is 6.07 Å². The zero-order valence-corrected chi connectivity index (χ0v) is 6.67. The van der Waals surface area contributed by atoms with Gasteiger partial charge in [0.15, 0.2) is 0 Å². The second kappa shape index (κ2) is 3.99. The summed E-state index contributed by atoms with van der Waals surface area (Å²) in [7, 11) is 0. The zero-order valence-electron chi connectivity index (χ0n) is 6.67. The van der Waals surface area contributed by atoms with E-state index in [-0.39, 0.29) is 5.75 Å². The Bertz CT molecular complexity index is 322. The van der Waals surface area contributed by atoms with Crippen LogP contribution in [0, 0.1) is 0 Å². The lowest BCUT2D eigenvalue weighted by Gasteiger charge is -2.08. The lowest BCUT2D eigenvalue weighted by Crippen LogP contribution is -2.17. The van der Waals surface area contributed by atoms with Crippen LogP contribution in [0.5, 0.6) is 11.5 Å². The number of ether oxygens (including phenoxy) is 2. The Morgan fingerprint density at radius 2 is 1.86 bits per heavy atom. The van der Waals surface area contributed by atoms with Gasteiger partial charge < -0.3 is 9.47 Å². The van der Waals surface area contributed by atoms with Crippen LogP contribution < -0.4 is 9.47 Å². The topological polar surface area (TPSA) is 35.5 Å². The molecule has 14 heavy (non-hydrogen) atoms. The molecule has 75 valence electrons. The van der Waals surface area contributed by atoms with E-state index in [1.165, 1.54) is 12.1 Å². The highest BCUT2D eigenvalue weighted by atomic mass is 19.4. The molecule has 0 N–H and O–H groups in total. The molecule has 1 aromatic rings. The van der Waals surface area contributed by atoms with Crippen molar-refractivity contribution < 1.29 is 27.4 Å². The Balaban J connectivity index is 2.78. The van der Waals surface area contributed by atoms with Crippen LogP contribution in [0.25, 0.3) is 0 Å². The highest BCUT2D eigenvalue weighted by Gasteiger charge is 2.31. The Labute approximate surface area is 77.0 Å². The van der Waals surface area contributed by atoms with Gasteiger partial charge in [0.1, 0.15) is 11.5 Å². The number of hydrogen-bond donors (Lipinski definition) is 0. The third kappa shape index (κ3) is 3.34. The molecule has 0 unspecified atom stereocenters. The SMILES string of the molecule is O=[C]Oc1cccc(OC(F)(F)F)c1. The minimum atomic E-state index is -4.76. The normalized spacial score (nSPS) is 10.8. The molecular weight excluding hydrogens is 201 g/mol. The molecule has 0 spiro atoms. The highest BCUT2D eigenvalue weighted by molar-refractivity contribution is 5.47. The summed E-state index contributed by atoms with van der Waals surface area (Å²) in [5.41, 5.74) is 0. The average molecular weight is 205 g/mol. The molecule has 0 atom stereocenters. The third-order valence-corrected chi connectivity index (χ3v) is 1.20. The molecule has 3 nitrogen and oxygen atoms in total. The molecule has 6 heteroatoms. The largest absolute Gasteiger partial charge is 0.573 e. The molecule has 0 saturated carbocycles. The molecule has 0 bridgehead atoms. The van der Waals surface area contributed by atoms with Crippen LogP contribution in [0.3, 0.4) is 0 Å². The van der Waals surface area contributed by atoms with Crippen molar-refractivity contribution in [1.82, 2.24) is 0 Å². The molecule has 0 amide bonds. The van der Waals surface area contributed by atoms with E-state index in [0.717, 1.165) is 18.6 Å². The molecule has 0 aromatic heterocycles. The first kappa shape index (κ1) is 10.4. The van der Waals surface area contributed by atoms with E-state index in [0.29, 0.717) is 0 Å². The smallest absolute Gasteiger partial charge is 0.418 e. The number of hydrogen-bond acceptors (Lipinski definition) is 3. The summed E-state index contributed by atoms with van der Waals surface area (Å²) in [6.07, 6.45) is -4.76. The van der Waals surface area contributed by atoms with Gasteiger partial charge in [-0.15, -0.1) is 13.2 Å². The summed E-state index contributed by atoms with van der Waals surface area (Å²) in [5.74, 6) is -0.521. The number of alkyl halides is 3. The third-order valence-electron chi connectivity index (χ3n) is 1.20. The van der Waals surface area contributed by atoms with Crippen LogP contribution >= 0.6 is 0 Å². The molecular formula is C8H4F3O3. The van der Waals surface area contributed by atoms with E-state index in [1.54, 1.807) is 0 Å². The molecule has 0 aliphatic rings. The average Bonchev–Trinajstić information content (AvgIpc) is 2.02. The Morgan fingerprint density at radius 3 is 2.43 bits per heavy atom. The lowest BCUT2D eigenvalue weighted by atomic mass is 10.3. The lowest BCUT2D eigenvalue weighted by molar-refractivity contribution is -0.274. The van der Waals surface area contributed by atoms with E-state index in [1.807, 2.05) is 0 Å². The van der Waals surface area contributed by atoms with Crippen molar-refractivity contribution in [1.29, 1.82) is 0 Å². The van der Waals surface area contributed by atoms with Crippen LogP contribution in [-0.4, -0.2) is 12.8 Å². The van der Waals surface area contributed by atoms with Crippen molar-refractivity contribution >= 4 is 6.47 Å². The molecule has 0 aliphatic carbocycles. The molecule has 0 aliphatic heterocycles. The quantitative estimate of drug-likeness (QED) is 0.757.